The quantitative estimate of drug-likeness (QED) is 0.526. The average molecular weight is 114 g/mol. The minimum absolute atomic E-state index is 0.642. The highest BCUT2D eigenvalue weighted by molar-refractivity contribution is 4.85. The van der Waals surface area contributed by atoms with Gasteiger partial charge in [-0.25, -0.2) is 0 Å². The van der Waals surface area contributed by atoms with Gasteiger partial charge in [0.25, 0.3) is 0 Å². The zero-order chi connectivity index (χ0) is 5.98. The lowest BCUT2D eigenvalue weighted by atomic mass is 10.0. The van der Waals surface area contributed by atoms with Crippen LogP contribution in [0.2, 0.25) is 0 Å². The Labute approximate surface area is 50.7 Å². The fourth-order valence-electron chi connectivity index (χ4n) is 0.939. The van der Waals surface area contributed by atoms with E-state index in [2.05, 4.69) is 17.6 Å². The molecule has 2 N–H and O–H groups in total. The largest absolute Gasteiger partial charge is 0.316 e. The Morgan fingerprint density at radius 3 is 2.50 bits per heavy atom. The van der Waals surface area contributed by atoms with Crippen molar-refractivity contribution in [3.05, 3.63) is 0 Å². The molecule has 0 bridgehead atoms. The predicted molar refractivity (Wildman–Crippen MR) is 34.9 cm³/mol. The van der Waals surface area contributed by atoms with Crippen molar-refractivity contribution in [1.82, 2.24) is 10.6 Å². The fourth-order valence-corrected chi connectivity index (χ4v) is 0.939. The molecule has 0 aromatic rings. The summed E-state index contributed by atoms with van der Waals surface area (Å²) < 4.78 is 0. The third-order valence-corrected chi connectivity index (χ3v) is 1.92. The molecule has 2 heteroatoms. The van der Waals surface area contributed by atoms with Gasteiger partial charge in [0.1, 0.15) is 0 Å². The SMILES string of the molecule is CNC(C)C1CCN1. The van der Waals surface area contributed by atoms with Crippen molar-refractivity contribution in [1.29, 1.82) is 0 Å². The molecule has 1 saturated heterocycles. The van der Waals surface area contributed by atoms with Crippen molar-refractivity contribution in [2.45, 2.75) is 25.4 Å². The van der Waals surface area contributed by atoms with Gasteiger partial charge in [0.05, 0.1) is 0 Å². The summed E-state index contributed by atoms with van der Waals surface area (Å²) in [5, 5.41) is 6.54. The lowest BCUT2D eigenvalue weighted by Gasteiger charge is -2.32. The van der Waals surface area contributed by atoms with Crippen LogP contribution >= 0.6 is 0 Å². The van der Waals surface area contributed by atoms with Gasteiger partial charge in [-0.05, 0) is 26.9 Å². The van der Waals surface area contributed by atoms with Crippen molar-refractivity contribution < 1.29 is 0 Å². The molecule has 0 spiro atoms. The Morgan fingerprint density at radius 1 is 1.75 bits per heavy atom. The molecular formula is C6H14N2. The first kappa shape index (κ1) is 6.05. The van der Waals surface area contributed by atoms with Crippen molar-refractivity contribution >= 4 is 0 Å². The van der Waals surface area contributed by atoms with Gasteiger partial charge in [0.15, 0.2) is 0 Å². The van der Waals surface area contributed by atoms with E-state index >= 15 is 0 Å². The van der Waals surface area contributed by atoms with Crippen LogP contribution in [0, 0.1) is 0 Å². The summed E-state index contributed by atoms with van der Waals surface area (Å²) in [5.41, 5.74) is 0. The second-order valence-corrected chi connectivity index (χ2v) is 2.43. The molecule has 1 aliphatic rings. The van der Waals surface area contributed by atoms with Crippen LogP contribution in [0.1, 0.15) is 13.3 Å². The molecule has 0 amide bonds. The number of nitrogens with one attached hydrogen (secondary N) is 2. The first-order valence-corrected chi connectivity index (χ1v) is 3.25. The Balaban J connectivity index is 2.13. The number of hydrogen-bond acceptors (Lipinski definition) is 2. The van der Waals surface area contributed by atoms with Crippen LogP contribution < -0.4 is 10.6 Å². The molecule has 0 aromatic carbocycles. The molecule has 2 atom stereocenters. The third kappa shape index (κ3) is 1.01. The second kappa shape index (κ2) is 2.46. The molecule has 8 heavy (non-hydrogen) atoms. The second-order valence-electron chi connectivity index (χ2n) is 2.43. The Hall–Kier alpha value is -0.0800. The summed E-state index contributed by atoms with van der Waals surface area (Å²) >= 11 is 0. The molecular weight excluding hydrogens is 100 g/mol. The molecule has 1 heterocycles. The van der Waals surface area contributed by atoms with Gasteiger partial charge < -0.3 is 10.6 Å². The van der Waals surface area contributed by atoms with E-state index in [1.54, 1.807) is 0 Å². The van der Waals surface area contributed by atoms with Crippen molar-refractivity contribution in [3.8, 4) is 0 Å². The maximum Gasteiger partial charge on any atom is 0.0230 e. The predicted octanol–water partition coefficient (Wildman–Crippen LogP) is -0.0438. The standard InChI is InChI=1S/C6H14N2/c1-5(7-2)6-3-4-8-6/h5-8H,3-4H2,1-2H3. The van der Waals surface area contributed by atoms with Crippen LogP contribution in [0.25, 0.3) is 0 Å². The van der Waals surface area contributed by atoms with Gasteiger partial charge in [0.2, 0.25) is 0 Å². The smallest absolute Gasteiger partial charge is 0.0230 e. The Bertz CT molecular complexity index is 66.2. The molecule has 1 fully saturated rings. The van der Waals surface area contributed by atoms with Gasteiger partial charge in [0, 0.05) is 12.1 Å². The van der Waals surface area contributed by atoms with Gasteiger partial charge in [-0.15, -0.1) is 0 Å². The van der Waals surface area contributed by atoms with Gasteiger partial charge in [-0.2, -0.15) is 0 Å². The van der Waals surface area contributed by atoms with Crippen LogP contribution in [0.5, 0.6) is 0 Å². The molecule has 2 unspecified atom stereocenters. The first-order chi connectivity index (χ1) is 3.84. The number of hydrogen-bond donors (Lipinski definition) is 2. The summed E-state index contributed by atoms with van der Waals surface area (Å²) in [4.78, 5) is 0. The average Bonchev–Trinajstić information content (AvgIpc) is 1.62. The summed E-state index contributed by atoms with van der Waals surface area (Å²) in [7, 11) is 2.00. The van der Waals surface area contributed by atoms with E-state index in [0.717, 1.165) is 6.04 Å². The minimum Gasteiger partial charge on any atom is -0.316 e. The van der Waals surface area contributed by atoms with E-state index in [-0.39, 0.29) is 0 Å². The van der Waals surface area contributed by atoms with E-state index < -0.39 is 0 Å². The summed E-state index contributed by atoms with van der Waals surface area (Å²) in [6.45, 7) is 3.41. The van der Waals surface area contributed by atoms with Crippen molar-refractivity contribution in [2.24, 2.45) is 0 Å². The molecule has 1 rings (SSSR count). The third-order valence-electron chi connectivity index (χ3n) is 1.92. The minimum atomic E-state index is 0.642. The van der Waals surface area contributed by atoms with E-state index in [1.165, 1.54) is 13.0 Å². The molecule has 48 valence electrons. The molecule has 0 aliphatic carbocycles. The van der Waals surface area contributed by atoms with E-state index in [9.17, 15) is 0 Å². The zero-order valence-corrected chi connectivity index (χ0v) is 5.57. The molecule has 2 nitrogen and oxygen atoms in total. The molecule has 0 saturated carbocycles. The monoisotopic (exact) mass is 114 g/mol. The number of likely N-dealkylation sites (N-methyl/N-ethyl adjacent to an activating group) is 1. The van der Waals surface area contributed by atoms with E-state index in [4.69, 9.17) is 0 Å². The molecule has 0 radical (unpaired) electrons. The maximum absolute atomic E-state index is 3.33. The van der Waals surface area contributed by atoms with Gasteiger partial charge in [-0.1, -0.05) is 0 Å². The summed E-state index contributed by atoms with van der Waals surface area (Å²) in [5.74, 6) is 0. The van der Waals surface area contributed by atoms with Crippen LogP contribution in [-0.4, -0.2) is 25.7 Å². The van der Waals surface area contributed by atoms with Crippen molar-refractivity contribution in [3.63, 3.8) is 0 Å². The molecule has 0 aromatic heterocycles. The van der Waals surface area contributed by atoms with E-state index in [0.29, 0.717) is 6.04 Å². The van der Waals surface area contributed by atoms with Crippen LogP contribution in [-0.2, 0) is 0 Å². The normalized spacial score (nSPS) is 31.5. The van der Waals surface area contributed by atoms with Crippen LogP contribution in [0.3, 0.4) is 0 Å². The van der Waals surface area contributed by atoms with Gasteiger partial charge in [-0.3, -0.25) is 0 Å². The first-order valence-electron chi connectivity index (χ1n) is 3.25. The Morgan fingerprint density at radius 2 is 2.38 bits per heavy atom. The topological polar surface area (TPSA) is 24.1 Å². The van der Waals surface area contributed by atoms with Crippen LogP contribution in [0.4, 0.5) is 0 Å². The highest BCUT2D eigenvalue weighted by Crippen LogP contribution is 2.05. The Kier molecular flexibility index (Phi) is 1.86. The number of rotatable bonds is 2. The maximum atomic E-state index is 3.33. The highest BCUT2D eigenvalue weighted by atomic mass is 15.0. The molecule has 1 aliphatic heterocycles. The summed E-state index contributed by atoms with van der Waals surface area (Å²) in [6.07, 6.45) is 1.34. The lowest BCUT2D eigenvalue weighted by Crippen LogP contribution is -2.53. The van der Waals surface area contributed by atoms with Crippen molar-refractivity contribution in [2.75, 3.05) is 13.6 Å². The highest BCUT2D eigenvalue weighted by Gasteiger charge is 2.20. The van der Waals surface area contributed by atoms with Gasteiger partial charge >= 0.3 is 0 Å². The van der Waals surface area contributed by atoms with Crippen LogP contribution in [0.15, 0.2) is 0 Å². The van der Waals surface area contributed by atoms with E-state index in [1.807, 2.05) is 7.05 Å². The summed E-state index contributed by atoms with van der Waals surface area (Å²) in [6, 6.07) is 1.38. The fraction of sp³-hybridized carbons (Fsp3) is 1.00. The zero-order valence-electron chi connectivity index (χ0n) is 5.57. The lowest BCUT2D eigenvalue weighted by molar-refractivity contribution is 0.302.